The van der Waals surface area contributed by atoms with Crippen molar-refractivity contribution < 1.29 is 24.2 Å². The summed E-state index contributed by atoms with van der Waals surface area (Å²) in [6.07, 6.45) is 2.75. The highest BCUT2D eigenvalue weighted by Crippen LogP contribution is 2.34. The maximum Gasteiger partial charge on any atom is 0.309 e. The van der Waals surface area contributed by atoms with Crippen molar-refractivity contribution in [3.63, 3.8) is 0 Å². The van der Waals surface area contributed by atoms with Crippen LogP contribution in [-0.2, 0) is 25.7 Å². The SMILES string of the molecule is CCOC(=O)C1CCN(Cc2cn([C@H](C(=O)N3C[C@H](O)C[C@H]3C(=O)NC)C(C)(C)C)nn2)CC1. The molecule has 2 aliphatic heterocycles. The molecule has 2 N–H and O–H groups in total. The average Bonchev–Trinajstić information content (AvgIpc) is 3.39. The number of rotatable bonds is 7. The minimum Gasteiger partial charge on any atom is -0.466 e. The fourth-order valence-corrected chi connectivity index (χ4v) is 4.84. The molecule has 0 bridgehead atoms. The molecule has 2 fully saturated rings. The predicted octanol–water partition coefficient (Wildman–Crippen LogP) is 0.348. The molecule has 34 heavy (non-hydrogen) atoms. The van der Waals surface area contributed by atoms with Crippen molar-refractivity contribution in [2.24, 2.45) is 11.3 Å². The highest BCUT2D eigenvalue weighted by molar-refractivity contribution is 5.90. The second kappa shape index (κ2) is 10.8. The van der Waals surface area contributed by atoms with E-state index in [0.29, 0.717) is 13.2 Å². The number of likely N-dealkylation sites (tertiary alicyclic amines) is 2. The van der Waals surface area contributed by atoms with Gasteiger partial charge in [0.25, 0.3) is 0 Å². The van der Waals surface area contributed by atoms with Crippen molar-refractivity contribution >= 4 is 17.8 Å². The van der Waals surface area contributed by atoms with E-state index in [0.717, 1.165) is 31.6 Å². The van der Waals surface area contributed by atoms with Crippen LogP contribution in [0.2, 0.25) is 0 Å². The lowest BCUT2D eigenvalue weighted by Gasteiger charge is -2.34. The van der Waals surface area contributed by atoms with Gasteiger partial charge in [-0.2, -0.15) is 0 Å². The van der Waals surface area contributed by atoms with Gasteiger partial charge in [-0.3, -0.25) is 19.3 Å². The van der Waals surface area contributed by atoms with E-state index in [1.807, 2.05) is 27.7 Å². The molecule has 1 aromatic rings. The number of hydrogen-bond acceptors (Lipinski definition) is 8. The molecule has 0 aliphatic carbocycles. The molecule has 11 nitrogen and oxygen atoms in total. The van der Waals surface area contributed by atoms with Crippen molar-refractivity contribution in [2.45, 2.75) is 71.7 Å². The Balaban J connectivity index is 1.70. The Hall–Kier alpha value is -2.53. The van der Waals surface area contributed by atoms with Gasteiger partial charge < -0.3 is 20.1 Å². The maximum atomic E-state index is 13.6. The lowest BCUT2D eigenvalue weighted by Crippen LogP contribution is -2.49. The van der Waals surface area contributed by atoms with Gasteiger partial charge in [-0.25, -0.2) is 4.68 Å². The van der Waals surface area contributed by atoms with Gasteiger partial charge in [0, 0.05) is 26.6 Å². The van der Waals surface area contributed by atoms with Crippen LogP contribution in [0.4, 0.5) is 0 Å². The number of nitrogens with one attached hydrogen (secondary N) is 1. The summed E-state index contributed by atoms with van der Waals surface area (Å²) in [7, 11) is 1.52. The molecule has 0 radical (unpaired) electrons. The van der Waals surface area contributed by atoms with Crippen LogP contribution in [0.5, 0.6) is 0 Å². The van der Waals surface area contributed by atoms with E-state index in [4.69, 9.17) is 4.74 Å². The van der Waals surface area contributed by atoms with Gasteiger partial charge in [0.05, 0.1) is 30.5 Å². The number of β-amino-alcohol motifs (C(OH)–C–C–N with tert-alkyl or cyclic N) is 1. The predicted molar refractivity (Wildman–Crippen MR) is 123 cm³/mol. The van der Waals surface area contributed by atoms with Crippen LogP contribution in [0.15, 0.2) is 6.20 Å². The third-order valence-corrected chi connectivity index (χ3v) is 6.58. The van der Waals surface area contributed by atoms with E-state index in [9.17, 15) is 19.5 Å². The number of aliphatic hydroxyl groups excluding tert-OH is 1. The zero-order valence-corrected chi connectivity index (χ0v) is 20.9. The van der Waals surface area contributed by atoms with Gasteiger partial charge in [-0.1, -0.05) is 26.0 Å². The van der Waals surface area contributed by atoms with E-state index in [-0.39, 0.29) is 36.7 Å². The number of aromatic nitrogens is 3. The summed E-state index contributed by atoms with van der Waals surface area (Å²) in [6, 6.07) is -1.39. The Morgan fingerprint density at radius 1 is 1.26 bits per heavy atom. The van der Waals surface area contributed by atoms with Crippen LogP contribution in [0.25, 0.3) is 0 Å². The van der Waals surface area contributed by atoms with Crippen molar-refractivity contribution in [2.75, 3.05) is 33.3 Å². The summed E-state index contributed by atoms with van der Waals surface area (Å²) < 4.78 is 6.72. The van der Waals surface area contributed by atoms with Gasteiger partial charge in [0.2, 0.25) is 11.8 Å². The summed E-state index contributed by atoms with van der Waals surface area (Å²) in [5.41, 5.74) is 0.238. The number of ether oxygens (including phenoxy) is 1. The number of hydrogen-bond donors (Lipinski definition) is 2. The van der Waals surface area contributed by atoms with Crippen molar-refractivity contribution in [1.82, 2.24) is 30.1 Å². The molecular formula is C23H38N6O5. The number of likely N-dealkylation sites (N-methyl/N-ethyl adjacent to an activating group) is 1. The molecule has 3 atom stereocenters. The van der Waals surface area contributed by atoms with Crippen LogP contribution in [0.1, 0.15) is 58.7 Å². The molecule has 11 heteroatoms. The summed E-state index contributed by atoms with van der Waals surface area (Å²) in [4.78, 5) is 41.6. The minimum atomic E-state index is -0.740. The molecule has 2 amide bonds. The molecule has 0 unspecified atom stereocenters. The molecule has 2 saturated heterocycles. The van der Waals surface area contributed by atoms with Gasteiger partial charge in [-0.15, -0.1) is 5.10 Å². The first-order valence-electron chi connectivity index (χ1n) is 12.0. The third kappa shape index (κ3) is 5.93. The van der Waals surface area contributed by atoms with Gasteiger partial charge >= 0.3 is 5.97 Å². The first kappa shape index (κ1) is 26.1. The molecule has 0 saturated carbocycles. The normalized spacial score (nSPS) is 23.1. The highest BCUT2D eigenvalue weighted by Gasteiger charge is 2.45. The molecule has 3 heterocycles. The number of nitrogens with zero attached hydrogens (tertiary/aromatic N) is 5. The summed E-state index contributed by atoms with van der Waals surface area (Å²) in [5, 5.41) is 21.3. The fourth-order valence-electron chi connectivity index (χ4n) is 4.84. The molecule has 0 spiro atoms. The second-order valence-corrected chi connectivity index (χ2v) is 10.3. The lowest BCUT2D eigenvalue weighted by molar-refractivity contribution is -0.149. The number of piperidine rings is 1. The molecule has 0 aromatic carbocycles. The largest absolute Gasteiger partial charge is 0.466 e. The fraction of sp³-hybridized carbons (Fsp3) is 0.783. The molecule has 190 valence electrons. The van der Waals surface area contributed by atoms with Crippen LogP contribution in [0, 0.1) is 11.3 Å². The van der Waals surface area contributed by atoms with E-state index < -0.39 is 23.6 Å². The number of carbonyl (C=O) groups is 3. The lowest BCUT2D eigenvalue weighted by atomic mass is 9.85. The topological polar surface area (TPSA) is 130 Å². The maximum absolute atomic E-state index is 13.6. The highest BCUT2D eigenvalue weighted by atomic mass is 16.5. The van der Waals surface area contributed by atoms with Crippen LogP contribution < -0.4 is 5.32 Å². The van der Waals surface area contributed by atoms with Crippen molar-refractivity contribution in [3.8, 4) is 0 Å². The number of esters is 1. The molecule has 1 aromatic heterocycles. The summed E-state index contributed by atoms with van der Waals surface area (Å²) in [6.45, 7) is 10.3. The number of amides is 2. The second-order valence-electron chi connectivity index (χ2n) is 10.3. The van der Waals surface area contributed by atoms with Gasteiger partial charge in [0.1, 0.15) is 12.1 Å². The number of aliphatic hydroxyl groups is 1. The molecule has 2 aliphatic rings. The van der Waals surface area contributed by atoms with Crippen molar-refractivity contribution in [1.29, 1.82) is 0 Å². The van der Waals surface area contributed by atoms with E-state index in [2.05, 4.69) is 20.5 Å². The zero-order chi connectivity index (χ0) is 25.0. The average molecular weight is 479 g/mol. The van der Waals surface area contributed by atoms with E-state index in [1.165, 1.54) is 11.9 Å². The smallest absolute Gasteiger partial charge is 0.309 e. The first-order chi connectivity index (χ1) is 16.0. The summed E-state index contributed by atoms with van der Waals surface area (Å²) in [5.74, 6) is -0.729. The molecule has 3 rings (SSSR count). The van der Waals surface area contributed by atoms with Crippen LogP contribution >= 0.6 is 0 Å². The van der Waals surface area contributed by atoms with Gasteiger partial charge in [0.15, 0.2) is 0 Å². The third-order valence-electron chi connectivity index (χ3n) is 6.58. The van der Waals surface area contributed by atoms with Crippen molar-refractivity contribution in [3.05, 3.63) is 11.9 Å². The van der Waals surface area contributed by atoms with Gasteiger partial charge in [-0.05, 0) is 38.3 Å². The van der Waals surface area contributed by atoms with Crippen LogP contribution in [-0.4, -0.2) is 93.1 Å². The standard InChI is InChI=1S/C23H38N6O5/c1-6-34-22(33)15-7-9-27(10-8-15)12-16-13-29(26-25-16)19(23(2,3)4)21(32)28-14-17(30)11-18(28)20(31)24-5/h13,15,17-19,30H,6-12,14H2,1-5H3,(H,24,31)/t17-,18+,19-/m1/s1. The Morgan fingerprint density at radius 2 is 1.94 bits per heavy atom. The Morgan fingerprint density at radius 3 is 2.53 bits per heavy atom. The Kier molecular flexibility index (Phi) is 8.29. The van der Waals surface area contributed by atoms with E-state index in [1.54, 1.807) is 10.9 Å². The Bertz CT molecular complexity index is 873. The van der Waals surface area contributed by atoms with E-state index >= 15 is 0 Å². The quantitative estimate of drug-likeness (QED) is 0.537. The zero-order valence-electron chi connectivity index (χ0n) is 20.9. The first-order valence-corrected chi connectivity index (χ1v) is 12.0. The number of carbonyl (C=O) groups excluding carboxylic acids is 3. The van der Waals surface area contributed by atoms with Crippen LogP contribution in [0.3, 0.4) is 0 Å². The monoisotopic (exact) mass is 478 g/mol. The Labute approximate surface area is 200 Å². The minimum absolute atomic E-state index is 0.0566. The summed E-state index contributed by atoms with van der Waals surface area (Å²) >= 11 is 0. The molecular weight excluding hydrogens is 440 g/mol.